The number of hydrogen-bond donors (Lipinski definition) is 0. The Kier molecular flexibility index (Phi) is 7.45. The van der Waals surface area contributed by atoms with Crippen molar-refractivity contribution in [2.45, 2.75) is 65.0 Å². The van der Waals surface area contributed by atoms with Gasteiger partial charge in [-0.2, -0.15) is 0 Å². The van der Waals surface area contributed by atoms with Crippen LogP contribution < -0.4 is 0 Å². The van der Waals surface area contributed by atoms with Crippen LogP contribution in [0, 0.1) is 0 Å². The largest absolute Gasteiger partial charge is 0.461 e. The molecule has 0 aliphatic carbocycles. The molecule has 0 amide bonds. The fourth-order valence-electron chi connectivity index (χ4n) is 1.14. The average molecular weight is 301 g/mol. The minimum absolute atomic E-state index is 0.342. The number of hydrogen-bond acceptors (Lipinski definition) is 5. The van der Waals surface area contributed by atoms with Crippen LogP contribution in [0.15, 0.2) is 0 Å². The first-order valence-corrected chi connectivity index (χ1v) is 7.94. The second-order valence-corrected chi connectivity index (χ2v) is 7.43. The van der Waals surface area contributed by atoms with Crippen molar-refractivity contribution in [2.24, 2.45) is 0 Å². The van der Waals surface area contributed by atoms with Crippen LogP contribution in [0.2, 0.25) is 0 Å². The maximum atomic E-state index is 12.5. The summed E-state index contributed by atoms with van der Waals surface area (Å²) in [7, 11) is -3.74. The first kappa shape index (κ1) is 17.9. The molecule has 1 atom stereocenters. The first-order valence-electron chi connectivity index (χ1n) is 5.89. The number of halogens is 1. The maximum absolute atomic E-state index is 12.5. The molecule has 0 fully saturated rings. The molecule has 108 valence electrons. The maximum Gasteiger partial charge on any atom is 0.360 e. The molecule has 0 saturated heterocycles. The minimum atomic E-state index is -3.74. The van der Waals surface area contributed by atoms with Crippen molar-refractivity contribution in [1.29, 1.82) is 0 Å². The van der Waals surface area contributed by atoms with Crippen molar-refractivity contribution in [3.05, 3.63) is 0 Å². The van der Waals surface area contributed by atoms with Gasteiger partial charge in [-0.25, -0.2) is 4.79 Å². The SMILES string of the molecule is CC(C)OC(=O)C(Cl)P(=O)(OC(C)C)OC(C)C. The lowest BCUT2D eigenvalue weighted by Crippen LogP contribution is -2.25. The Balaban J connectivity index is 4.95. The van der Waals surface area contributed by atoms with E-state index in [2.05, 4.69) is 0 Å². The lowest BCUT2D eigenvalue weighted by atomic mass is 10.5. The number of rotatable bonds is 7. The molecule has 7 heteroatoms. The molecule has 5 nitrogen and oxygen atoms in total. The zero-order valence-corrected chi connectivity index (χ0v) is 13.3. The van der Waals surface area contributed by atoms with Crippen molar-refractivity contribution in [3.63, 3.8) is 0 Å². The lowest BCUT2D eigenvalue weighted by Gasteiger charge is -2.25. The molecule has 0 aliphatic rings. The van der Waals surface area contributed by atoms with Crippen LogP contribution in [0.25, 0.3) is 0 Å². The van der Waals surface area contributed by atoms with Gasteiger partial charge in [0.2, 0.25) is 5.12 Å². The molecule has 0 aromatic heterocycles. The highest BCUT2D eigenvalue weighted by Gasteiger charge is 2.43. The third-order valence-corrected chi connectivity index (χ3v) is 4.63. The molecule has 0 aromatic rings. The molecule has 0 aromatic carbocycles. The van der Waals surface area contributed by atoms with Crippen LogP contribution in [0.5, 0.6) is 0 Å². The third-order valence-electron chi connectivity index (χ3n) is 1.54. The van der Waals surface area contributed by atoms with Gasteiger partial charge in [-0.1, -0.05) is 11.6 Å². The fraction of sp³-hybridized carbons (Fsp3) is 0.909. The van der Waals surface area contributed by atoms with Gasteiger partial charge in [-0.3, -0.25) is 4.57 Å². The minimum Gasteiger partial charge on any atom is -0.461 e. The van der Waals surface area contributed by atoms with E-state index in [1.807, 2.05) is 0 Å². The molecule has 0 aliphatic heterocycles. The summed E-state index contributed by atoms with van der Waals surface area (Å²) in [5.41, 5.74) is 0. The van der Waals surface area contributed by atoms with E-state index in [0.29, 0.717) is 0 Å². The van der Waals surface area contributed by atoms with Crippen LogP contribution in [-0.4, -0.2) is 29.4 Å². The van der Waals surface area contributed by atoms with E-state index in [1.165, 1.54) is 0 Å². The predicted octanol–water partition coefficient (Wildman–Crippen LogP) is 3.55. The number of carbonyl (C=O) groups is 1. The lowest BCUT2D eigenvalue weighted by molar-refractivity contribution is -0.145. The van der Waals surface area contributed by atoms with E-state index in [9.17, 15) is 9.36 Å². The predicted molar refractivity (Wildman–Crippen MR) is 70.9 cm³/mol. The summed E-state index contributed by atoms with van der Waals surface area (Å²) < 4.78 is 27.8. The third kappa shape index (κ3) is 6.19. The highest BCUT2D eigenvalue weighted by molar-refractivity contribution is 7.57. The topological polar surface area (TPSA) is 61.8 Å². The smallest absolute Gasteiger partial charge is 0.360 e. The van der Waals surface area contributed by atoms with Crippen LogP contribution in [0.3, 0.4) is 0 Å². The number of alkyl halides is 1. The van der Waals surface area contributed by atoms with Gasteiger partial charge in [-0.15, -0.1) is 0 Å². The highest BCUT2D eigenvalue weighted by Crippen LogP contribution is 2.57. The van der Waals surface area contributed by atoms with E-state index >= 15 is 0 Å². The zero-order valence-electron chi connectivity index (χ0n) is 11.7. The highest BCUT2D eigenvalue weighted by atomic mass is 35.5. The van der Waals surface area contributed by atoms with Gasteiger partial charge in [0.05, 0.1) is 18.3 Å². The molecule has 0 rings (SSSR count). The monoisotopic (exact) mass is 300 g/mol. The molecule has 1 unspecified atom stereocenters. The van der Waals surface area contributed by atoms with Crippen LogP contribution >= 0.6 is 19.2 Å². The Labute approximate surface area is 114 Å². The van der Waals surface area contributed by atoms with Crippen molar-refractivity contribution in [1.82, 2.24) is 0 Å². The normalized spacial score (nSPS) is 14.3. The summed E-state index contributed by atoms with van der Waals surface area (Å²) >= 11 is 5.88. The Bertz CT molecular complexity index is 303. The first-order chi connectivity index (χ1) is 8.08. The number of carbonyl (C=O) groups excluding carboxylic acids is 1. The quantitative estimate of drug-likeness (QED) is 0.409. The van der Waals surface area contributed by atoms with Crippen molar-refractivity contribution >= 4 is 25.2 Å². The Morgan fingerprint density at radius 3 is 1.61 bits per heavy atom. The summed E-state index contributed by atoms with van der Waals surface area (Å²) in [5.74, 6) is -0.795. The Morgan fingerprint density at radius 2 is 1.33 bits per heavy atom. The molecule has 18 heavy (non-hydrogen) atoms. The van der Waals surface area contributed by atoms with Crippen molar-refractivity contribution in [3.8, 4) is 0 Å². The standard InChI is InChI=1S/C11H22ClO5P/c1-7(2)15-11(13)10(12)18(14,16-8(3)4)17-9(5)6/h7-10H,1-6H3. The molecule has 0 bridgehead atoms. The summed E-state index contributed by atoms with van der Waals surface area (Å²) in [6, 6.07) is 0. The van der Waals surface area contributed by atoms with Crippen LogP contribution in [0.1, 0.15) is 41.5 Å². The molecule has 0 saturated carbocycles. The van der Waals surface area contributed by atoms with Gasteiger partial charge < -0.3 is 13.8 Å². The van der Waals surface area contributed by atoms with Crippen molar-refractivity contribution in [2.75, 3.05) is 0 Å². The zero-order chi connectivity index (χ0) is 14.5. The summed E-state index contributed by atoms with van der Waals surface area (Å²) in [4.78, 5) is 11.7. The second-order valence-electron chi connectivity index (χ2n) is 4.67. The molecule has 0 heterocycles. The van der Waals surface area contributed by atoms with Crippen LogP contribution in [-0.2, 0) is 23.1 Å². The van der Waals surface area contributed by atoms with Crippen molar-refractivity contribution < 1.29 is 23.1 Å². The molecule has 0 spiro atoms. The van der Waals surface area contributed by atoms with Gasteiger partial charge in [-0.05, 0) is 41.5 Å². The van der Waals surface area contributed by atoms with Gasteiger partial charge >= 0.3 is 13.6 Å². The van der Waals surface area contributed by atoms with Crippen LogP contribution in [0.4, 0.5) is 0 Å². The van der Waals surface area contributed by atoms with E-state index in [0.717, 1.165) is 0 Å². The summed E-state index contributed by atoms with van der Waals surface area (Å²) in [6.45, 7) is 10.1. The molecular weight excluding hydrogens is 279 g/mol. The molecule has 0 radical (unpaired) electrons. The van der Waals surface area contributed by atoms with Gasteiger partial charge in [0.1, 0.15) is 0 Å². The number of ether oxygens (including phenoxy) is 1. The van der Waals surface area contributed by atoms with Gasteiger partial charge in [0, 0.05) is 0 Å². The summed E-state index contributed by atoms with van der Waals surface area (Å²) in [5, 5.41) is -1.45. The van der Waals surface area contributed by atoms with E-state index in [1.54, 1.807) is 41.5 Å². The molecular formula is C11H22ClO5P. The van der Waals surface area contributed by atoms with E-state index < -0.39 is 18.7 Å². The fourth-order valence-corrected chi connectivity index (χ4v) is 3.22. The van der Waals surface area contributed by atoms with E-state index in [-0.39, 0.29) is 18.3 Å². The molecule has 0 N–H and O–H groups in total. The Hall–Kier alpha value is -0.0900. The Morgan fingerprint density at radius 1 is 0.944 bits per heavy atom. The average Bonchev–Trinajstić information content (AvgIpc) is 2.12. The van der Waals surface area contributed by atoms with E-state index in [4.69, 9.17) is 25.4 Å². The van der Waals surface area contributed by atoms with Gasteiger partial charge in [0.15, 0.2) is 0 Å². The second kappa shape index (κ2) is 7.49. The number of esters is 1. The van der Waals surface area contributed by atoms with Gasteiger partial charge in [0.25, 0.3) is 0 Å². The summed E-state index contributed by atoms with van der Waals surface area (Å²) in [6.07, 6.45) is -1.09.